The smallest absolute Gasteiger partial charge is 0.254 e. The van der Waals surface area contributed by atoms with E-state index >= 15 is 0 Å². The minimum Gasteiger partial charge on any atom is -0.496 e. The SMILES string of the molecule is COc1cc(C)n(CCNS(=O)(=O)c2ccc(-c3ccc(Cl)c(Cl)c3)cc2)c(=O)c1. The number of aryl methyl sites for hydroxylation is 1. The number of nitrogens with one attached hydrogen (secondary N) is 1. The van der Waals surface area contributed by atoms with Gasteiger partial charge in [0.2, 0.25) is 10.0 Å². The van der Waals surface area contributed by atoms with Crippen LogP contribution in [0.25, 0.3) is 11.1 Å². The number of methoxy groups -OCH3 is 1. The van der Waals surface area contributed by atoms with Crippen molar-refractivity contribution in [1.82, 2.24) is 9.29 Å². The van der Waals surface area contributed by atoms with Gasteiger partial charge in [-0.25, -0.2) is 13.1 Å². The number of nitrogens with zero attached hydrogens (tertiary/aromatic N) is 1. The Hall–Kier alpha value is -2.32. The summed E-state index contributed by atoms with van der Waals surface area (Å²) in [4.78, 5) is 12.3. The monoisotopic (exact) mass is 466 g/mol. The predicted octanol–water partition coefficient (Wildman–Crippen LogP) is 4.12. The zero-order chi connectivity index (χ0) is 21.9. The number of sulfonamides is 1. The van der Waals surface area contributed by atoms with Crippen LogP contribution in [-0.2, 0) is 16.6 Å². The van der Waals surface area contributed by atoms with Crippen molar-refractivity contribution < 1.29 is 13.2 Å². The molecule has 0 aliphatic heterocycles. The van der Waals surface area contributed by atoms with E-state index in [-0.39, 0.29) is 23.5 Å². The van der Waals surface area contributed by atoms with Crippen LogP contribution in [0.5, 0.6) is 5.75 Å². The molecule has 0 spiro atoms. The van der Waals surface area contributed by atoms with Crippen LogP contribution in [0.2, 0.25) is 10.0 Å². The molecule has 0 unspecified atom stereocenters. The molecule has 0 aliphatic rings. The molecule has 3 rings (SSSR count). The zero-order valence-corrected chi connectivity index (χ0v) is 18.7. The van der Waals surface area contributed by atoms with Gasteiger partial charge in [-0.1, -0.05) is 41.4 Å². The summed E-state index contributed by atoms with van der Waals surface area (Å²) >= 11 is 12.0. The number of halogens is 2. The van der Waals surface area contributed by atoms with Crippen molar-refractivity contribution in [3.05, 3.63) is 80.7 Å². The molecule has 1 aromatic heterocycles. The molecule has 0 amide bonds. The van der Waals surface area contributed by atoms with Crippen LogP contribution < -0.4 is 15.0 Å². The third kappa shape index (κ3) is 5.05. The molecular weight excluding hydrogens is 447 g/mol. The number of aromatic nitrogens is 1. The Bertz CT molecular complexity index is 1220. The van der Waals surface area contributed by atoms with Crippen LogP contribution in [0, 0.1) is 6.92 Å². The van der Waals surface area contributed by atoms with E-state index in [4.69, 9.17) is 27.9 Å². The first kappa shape index (κ1) is 22.4. The fourth-order valence-corrected chi connectivity index (χ4v) is 4.30. The highest BCUT2D eigenvalue weighted by molar-refractivity contribution is 7.89. The topological polar surface area (TPSA) is 77.4 Å². The molecule has 6 nitrogen and oxygen atoms in total. The van der Waals surface area contributed by atoms with Crippen molar-refractivity contribution >= 4 is 33.2 Å². The van der Waals surface area contributed by atoms with Gasteiger partial charge in [0.1, 0.15) is 5.75 Å². The Kier molecular flexibility index (Phi) is 6.88. The third-order valence-corrected chi connectivity index (χ3v) is 6.81. The summed E-state index contributed by atoms with van der Waals surface area (Å²) in [6.07, 6.45) is 0. The van der Waals surface area contributed by atoms with E-state index in [9.17, 15) is 13.2 Å². The fraction of sp³-hybridized carbons (Fsp3) is 0.190. The van der Waals surface area contributed by atoms with Crippen LogP contribution in [0.4, 0.5) is 0 Å². The summed E-state index contributed by atoms with van der Waals surface area (Å²) in [5.41, 5.74) is 2.07. The number of pyridine rings is 1. The molecule has 1 N–H and O–H groups in total. The molecule has 0 bridgehead atoms. The van der Waals surface area contributed by atoms with Crippen LogP contribution in [0.3, 0.4) is 0 Å². The Balaban J connectivity index is 1.70. The molecule has 0 saturated heterocycles. The Morgan fingerprint density at radius 1 is 0.967 bits per heavy atom. The van der Waals surface area contributed by atoms with Crippen molar-refractivity contribution in [3.63, 3.8) is 0 Å². The first-order valence-corrected chi connectivity index (χ1v) is 11.3. The third-order valence-electron chi connectivity index (χ3n) is 4.59. The highest BCUT2D eigenvalue weighted by Gasteiger charge is 2.14. The quantitative estimate of drug-likeness (QED) is 0.567. The van der Waals surface area contributed by atoms with Crippen molar-refractivity contribution in [2.24, 2.45) is 0 Å². The van der Waals surface area contributed by atoms with Gasteiger partial charge in [0.05, 0.1) is 22.1 Å². The molecule has 0 radical (unpaired) electrons. The fourth-order valence-electron chi connectivity index (χ4n) is 2.98. The highest BCUT2D eigenvalue weighted by Crippen LogP contribution is 2.29. The van der Waals surface area contributed by atoms with Crippen molar-refractivity contribution in [3.8, 4) is 16.9 Å². The van der Waals surface area contributed by atoms with E-state index in [0.717, 1.165) is 11.1 Å². The van der Waals surface area contributed by atoms with Crippen molar-refractivity contribution in [2.45, 2.75) is 18.4 Å². The standard InChI is InChI=1S/C21H20Cl2N2O4S/c1-14-11-17(29-2)13-21(26)25(14)10-9-24-30(27,28)18-6-3-15(4-7-18)16-5-8-19(22)20(23)12-16/h3-8,11-13,24H,9-10H2,1-2H3. The summed E-state index contributed by atoms with van der Waals surface area (Å²) in [5.74, 6) is 0.469. The second-order valence-electron chi connectivity index (χ2n) is 6.58. The van der Waals surface area contributed by atoms with Gasteiger partial charge in [0.25, 0.3) is 5.56 Å². The van der Waals surface area contributed by atoms with E-state index in [1.165, 1.54) is 29.9 Å². The minimum atomic E-state index is -3.72. The predicted molar refractivity (Wildman–Crippen MR) is 119 cm³/mol. The lowest BCUT2D eigenvalue weighted by Crippen LogP contribution is -2.31. The van der Waals surface area contributed by atoms with E-state index in [1.54, 1.807) is 37.3 Å². The maximum atomic E-state index is 12.6. The molecule has 0 aliphatic carbocycles. The van der Waals surface area contributed by atoms with Crippen LogP contribution >= 0.6 is 23.2 Å². The number of hydrogen-bond donors (Lipinski definition) is 1. The highest BCUT2D eigenvalue weighted by atomic mass is 35.5. The first-order valence-electron chi connectivity index (χ1n) is 9.02. The lowest BCUT2D eigenvalue weighted by Gasteiger charge is -2.12. The van der Waals surface area contributed by atoms with E-state index in [1.807, 2.05) is 6.07 Å². The molecule has 2 aromatic carbocycles. The largest absolute Gasteiger partial charge is 0.496 e. The van der Waals surface area contributed by atoms with Crippen LogP contribution in [0.15, 0.2) is 64.3 Å². The molecule has 158 valence electrons. The number of ether oxygens (including phenoxy) is 1. The minimum absolute atomic E-state index is 0.0734. The summed E-state index contributed by atoms with van der Waals surface area (Å²) < 4.78 is 34.2. The molecule has 9 heteroatoms. The van der Waals surface area contributed by atoms with Gasteiger partial charge in [-0.05, 0) is 48.4 Å². The molecule has 0 fully saturated rings. The Labute approximate surface area is 185 Å². The molecule has 1 heterocycles. The first-order chi connectivity index (χ1) is 14.2. The van der Waals surface area contributed by atoms with Crippen molar-refractivity contribution in [2.75, 3.05) is 13.7 Å². The van der Waals surface area contributed by atoms with Gasteiger partial charge >= 0.3 is 0 Å². The Morgan fingerprint density at radius 2 is 1.63 bits per heavy atom. The van der Waals surface area contributed by atoms with Gasteiger partial charge in [0.15, 0.2) is 0 Å². The van der Waals surface area contributed by atoms with E-state index in [2.05, 4.69) is 4.72 Å². The van der Waals surface area contributed by atoms with Gasteiger partial charge in [0, 0.05) is 24.8 Å². The lowest BCUT2D eigenvalue weighted by molar-refractivity contribution is 0.411. The molecule has 0 atom stereocenters. The zero-order valence-electron chi connectivity index (χ0n) is 16.4. The van der Waals surface area contributed by atoms with E-state index < -0.39 is 10.0 Å². The summed E-state index contributed by atoms with van der Waals surface area (Å²) in [5, 5.41) is 0.881. The molecule has 3 aromatic rings. The second-order valence-corrected chi connectivity index (χ2v) is 9.16. The average Bonchev–Trinajstić information content (AvgIpc) is 2.72. The van der Waals surface area contributed by atoms with Crippen molar-refractivity contribution in [1.29, 1.82) is 0 Å². The van der Waals surface area contributed by atoms with Crippen LogP contribution in [0.1, 0.15) is 5.69 Å². The van der Waals surface area contributed by atoms with Gasteiger partial charge in [-0.3, -0.25) is 4.79 Å². The maximum absolute atomic E-state index is 12.6. The van der Waals surface area contributed by atoms with Crippen LogP contribution in [-0.4, -0.2) is 26.6 Å². The molecule has 30 heavy (non-hydrogen) atoms. The number of hydrogen-bond acceptors (Lipinski definition) is 4. The van der Waals surface area contributed by atoms with Gasteiger partial charge in [-0.2, -0.15) is 0 Å². The summed E-state index contributed by atoms with van der Waals surface area (Å²) in [6.45, 7) is 2.04. The van der Waals surface area contributed by atoms with Gasteiger partial charge in [-0.15, -0.1) is 0 Å². The van der Waals surface area contributed by atoms with Gasteiger partial charge < -0.3 is 9.30 Å². The second kappa shape index (κ2) is 9.22. The summed E-state index contributed by atoms with van der Waals surface area (Å²) in [6, 6.07) is 14.7. The Morgan fingerprint density at radius 3 is 2.23 bits per heavy atom. The number of benzene rings is 2. The average molecular weight is 467 g/mol. The maximum Gasteiger partial charge on any atom is 0.254 e. The number of rotatable bonds is 7. The van der Waals surface area contributed by atoms with E-state index in [0.29, 0.717) is 21.5 Å². The molecular formula is C21H20Cl2N2O4S. The molecule has 0 saturated carbocycles. The lowest BCUT2D eigenvalue weighted by atomic mass is 10.1. The summed E-state index contributed by atoms with van der Waals surface area (Å²) in [7, 11) is -2.23. The normalized spacial score (nSPS) is 11.5.